The van der Waals surface area contributed by atoms with Crippen molar-refractivity contribution in [3.05, 3.63) is 145 Å². The zero-order chi connectivity index (χ0) is 26.1. The van der Waals surface area contributed by atoms with E-state index < -0.39 is 10.1 Å². The number of hydrogen-bond donors (Lipinski definition) is 0. The second-order valence-corrected chi connectivity index (χ2v) is 12.6. The Bertz CT molecular complexity index is 1450. The van der Waals surface area contributed by atoms with Crippen LogP contribution in [0.25, 0.3) is 0 Å². The SMILES string of the molecule is Cc1ccc(S(=O)(=O)[O-])cc1.c1ccc(Sc2ccc([S+](c3ccccc3)c3ccccc3)cc2)cc1. The standard InChI is InChI=1S/C24H19S2.C7H8O3S/c1-4-10-20(11-5-1)25-21-16-18-24(19-17-21)26(22-12-6-2-7-13-22)23-14-8-3-9-15-23;1-6-2-4-7(5-3-6)11(8,9)10/h1-19H;2-5H,1H3,(H,8,9,10)/q+1;/p-1. The lowest BCUT2D eigenvalue weighted by Gasteiger charge is -2.08. The number of hydrogen-bond acceptors (Lipinski definition) is 4. The molecule has 37 heavy (non-hydrogen) atoms. The molecule has 5 rings (SSSR count). The minimum Gasteiger partial charge on any atom is -0.744 e. The largest absolute Gasteiger partial charge is 0.744 e. The molecular weight excluding hydrogens is 517 g/mol. The van der Waals surface area contributed by atoms with E-state index in [1.165, 1.54) is 36.6 Å². The Hall–Kier alpha value is -3.29. The molecule has 0 aliphatic rings. The summed E-state index contributed by atoms with van der Waals surface area (Å²) in [6.07, 6.45) is 0. The summed E-state index contributed by atoms with van der Waals surface area (Å²) in [5.41, 5.74) is 0.928. The summed E-state index contributed by atoms with van der Waals surface area (Å²) in [5.74, 6) is 0. The molecule has 6 heteroatoms. The highest BCUT2D eigenvalue weighted by Crippen LogP contribution is 2.33. The third kappa shape index (κ3) is 7.84. The fourth-order valence-corrected chi connectivity index (χ4v) is 6.89. The van der Waals surface area contributed by atoms with E-state index in [0.717, 1.165) is 5.56 Å². The molecule has 0 radical (unpaired) electrons. The fourth-order valence-electron chi connectivity index (χ4n) is 3.49. The summed E-state index contributed by atoms with van der Waals surface area (Å²) in [6.45, 7) is 1.82. The number of benzene rings is 5. The van der Waals surface area contributed by atoms with Gasteiger partial charge in [0.25, 0.3) is 0 Å². The highest BCUT2D eigenvalue weighted by molar-refractivity contribution is 7.99. The highest BCUT2D eigenvalue weighted by atomic mass is 32.2. The third-order valence-corrected chi connectivity index (χ3v) is 9.40. The monoisotopic (exact) mass is 542 g/mol. The van der Waals surface area contributed by atoms with Crippen molar-refractivity contribution < 1.29 is 13.0 Å². The van der Waals surface area contributed by atoms with Crippen molar-refractivity contribution in [2.45, 2.75) is 36.3 Å². The van der Waals surface area contributed by atoms with Gasteiger partial charge < -0.3 is 4.55 Å². The van der Waals surface area contributed by atoms with E-state index in [0.29, 0.717) is 0 Å². The lowest BCUT2D eigenvalue weighted by atomic mass is 10.2. The first-order valence-corrected chi connectivity index (χ1v) is 15.0. The van der Waals surface area contributed by atoms with Crippen LogP contribution in [0.4, 0.5) is 0 Å². The van der Waals surface area contributed by atoms with Crippen molar-refractivity contribution in [1.82, 2.24) is 0 Å². The van der Waals surface area contributed by atoms with Crippen LogP contribution in [0.1, 0.15) is 5.56 Å². The van der Waals surface area contributed by atoms with Gasteiger partial charge in [-0.25, -0.2) is 8.42 Å². The van der Waals surface area contributed by atoms with Crippen molar-refractivity contribution in [1.29, 1.82) is 0 Å². The maximum Gasteiger partial charge on any atom is 0.166 e. The van der Waals surface area contributed by atoms with Crippen LogP contribution in [0.15, 0.2) is 169 Å². The summed E-state index contributed by atoms with van der Waals surface area (Å²) in [4.78, 5) is 6.40. The van der Waals surface area contributed by atoms with Crippen LogP contribution in [0.3, 0.4) is 0 Å². The molecule has 0 saturated heterocycles. The zero-order valence-corrected chi connectivity index (χ0v) is 22.7. The van der Waals surface area contributed by atoms with Gasteiger partial charge in [-0.3, -0.25) is 0 Å². The van der Waals surface area contributed by atoms with Crippen molar-refractivity contribution in [3.63, 3.8) is 0 Å². The van der Waals surface area contributed by atoms with Crippen molar-refractivity contribution >= 4 is 32.8 Å². The Labute approximate surface area is 226 Å². The van der Waals surface area contributed by atoms with Crippen molar-refractivity contribution in [3.8, 4) is 0 Å². The molecule has 0 N–H and O–H groups in total. The van der Waals surface area contributed by atoms with Gasteiger partial charge in [0.05, 0.1) is 15.8 Å². The van der Waals surface area contributed by atoms with Gasteiger partial charge >= 0.3 is 0 Å². The van der Waals surface area contributed by atoms with Crippen LogP contribution in [0.5, 0.6) is 0 Å². The minimum atomic E-state index is -4.27. The lowest BCUT2D eigenvalue weighted by molar-refractivity contribution is 0.463. The van der Waals surface area contributed by atoms with Gasteiger partial charge in [0.1, 0.15) is 10.1 Å². The molecule has 0 heterocycles. The van der Waals surface area contributed by atoms with Gasteiger partial charge in [0, 0.05) is 9.79 Å². The maximum atomic E-state index is 10.4. The van der Waals surface area contributed by atoms with Crippen LogP contribution >= 0.6 is 11.8 Å². The molecular formula is C31H26O3S3. The van der Waals surface area contributed by atoms with Crippen LogP contribution in [-0.4, -0.2) is 13.0 Å². The molecule has 5 aromatic carbocycles. The predicted molar refractivity (Wildman–Crippen MR) is 151 cm³/mol. The molecule has 0 spiro atoms. The molecule has 0 aliphatic carbocycles. The lowest BCUT2D eigenvalue weighted by Crippen LogP contribution is -2.04. The van der Waals surface area contributed by atoms with Gasteiger partial charge in [-0.05, 0) is 79.7 Å². The summed E-state index contributed by atoms with van der Waals surface area (Å²) < 4.78 is 31.2. The molecule has 0 fully saturated rings. The van der Waals surface area contributed by atoms with Gasteiger partial charge in [-0.1, -0.05) is 84.1 Å². The Morgan fingerprint density at radius 3 is 1.41 bits per heavy atom. The van der Waals surface area contributed by atoms with Gasteiger partial charge in [0.15, 0.2) is 14.7 Å². The fraction of sp³-hybridized carbons (Fsp3) is 0.0323. The first kappa shape index (κ1) is 26.8. The van der Waals surface area contributed by atoms with Gasteiger partial charge in [-0.15, -0.1) is 0 Å². The predicted octanol–water partition coefficient (Wildman–Crippen LogP) is 7.83. The van der Waals surface area contributed by atoms with Gasteiger partial charge in [0.2, 0.25) is 0 Å². The second kappa shape index (κ2) is 12.8. The van der Waals surface area contributed by atoms with E-state index in [1.807, 2.05) is 6.92 Å². The van der Waals surface area contributed by atoms with E-state index in [-0.39, 0.29) is 15.8 Å². The molecule has 0 aliphatic heterocycles. The molecule has 0 aromatic heterocycles. The summed E-state index contributed by atoms with van der Waals surface area (Å²) in [7, 11) is -4.35. The molecule has 0 amide bonds. The third-order valence-electron chi connectivity index (χ3n) is 5.31. The number of aryl methyl sites for hydroxylation is 1. The average Bonchev–Trinajstić information content (AvgIpc) is 2.92. The van der Waals surface area contributed by atoms with E-state index in [2.05, 4.69) is 115 Å². The van der Waals surface area contributed by atoms with E-state index in [4.69, 9.17) is 0 Å². The van der Waals surface area contributed by atoms with Crippen molar-refractivity contribution in [2.75, 3.05) is 0 Å². The minimum absolute atomic E-state index is 0.0786. The zero-order valence-electron chi connectivity index (χ0n) is 20.2. The van der Waals surface area contributed by atoms with E-state index in [9.17, 15) is 13.0 Å². The topological polar surface area (TPSA) is 57.2 Å². The maximum absolute atomic E-state index is 10.4. The molecule has 0 saturated carbocycles. The van der Waals surface area contributed by atoms with Crippen LogP contribution in [0.2, 0.25) is 0 Å². The van der Waals surface area contributed by atoms with E-state index in [1.54, 1.807) is 23.9 Å². The van der Waals surface area contributed by atoms with E-state index >= 15 is 0 Å². The summed E-state index contributed by atoms with van der Waals surface area (Å²) in [5, 5.41) is 0. The first-order valence-electron chi connectivity index (χ1n) is 11.6. The number of rotatable bonds is 6. The quantitative estimate of drug-likeness (QED) is 0.162. The van der Waals surface area contributed by atoms with Crippen molar-refractivity contribution in [2.24, 2.45) is 0 Å². The average molecular weight is 543 g/mol. The molecule has 0 bridgehead atoms. The summed E-state index contributed by atoms with van der Waals surface area (Å²) >= 11 is 1.80. The smallest absolute Gasteiger partial charge is 0.166 e. The van der Waals surface area contributed by atoms with Gasteiger partial charge in [-0.2, -0.15) is 0 Å². The Morgan fingerprint density at radius 2 is 0.946 bits per heavy atom. The Morgan fingerprint density at radius 1 is 0.541 bits per heavy atom. The second-order valence-electron chi connectivity index (χ2n) is 8.09. The Balaban J connectivity index is 0.000000245. The first-order chi connectivity index (χ1) is 17.9. The highest BCUT2D eigenvalue weighted by Gasteiger charge is 2.28. The molecule has 186 valence electrons. The molecule has 5 aromatic rings. The van der Waals surface area contributed by atoms with Crippen LogP contribution in [0, 0.1) is 6.92 Å². The molecule has 0 atom stereocenters. The summed E-state index contributed by atoms with van der Waals surface area (Å²) in [6, 6.07) is 46.9. The van der Waals surface area contributed by atoms with Crippen LogP contribution in [-0.2, 0) is 21.0 Å². The normalized spacial score (nSPS) is 11.0. The Kier molecular flexibility index (Phi) is 9.25. The molecule has 0 unspecified atom stereocenters. The molecule has 3 nitrogen and oxygen atoms in total. The van der Waals surface area contributed by atoms with Crippen LogP contribution < -0.4 is 0 Å².